The third-order valence-electron chi connectivity index (χ3n) is 3.24. The highest BCUT2D eigenvalue weighted by atomic mass is 35.5. The Hall–Kier alpha value is -2.00. The fourth-order valence-corrected chi connectivity index (χ4v) is 2.32. The van der Waals surface area contributed by atoms with E-state index in [1.807, 2.05) is 26.0 Å². The van der Waals surface area contributed by atoms with Gasteiger partial charge in [-0.05, 0) is 55.3 Å². The number of carbonyl (C=O) groups is 1. The summed E-state index contributed by atoms with van der Waals surface area (Å²) >= 11 is 5.86. The molecule has 0 spiro atoms. The van der Waals surface area contributed by atoms with Crippen molar-refractivity contribution in [3.05, 3.63) is 57.6 Å². The van der Waals surface area contributed by atoms with Crippen LogP contribution in [-0.4, -0.2) is 12.9 Å². The van der Waals surface area contributed by atoms with Gasteiger partial charge in [-0.2, -0.15) is 0 Å². The Morgan fingerprint density at radius 3 is 2.40 bits per heavy atom. The molecule has 0 amide bonds. The van der Waals surface area contributed by atoms with Crippen molar-refractivity contribution >= 4 is 23.1 Å². The summed E-state index contributed by atoms with van der Waals surface area (Å²) in [4.78, 5) is 12.6. The van der Waals surface area contributed by atoms with E-state index in [4.69, 9.17) is 22.1 Å². The van der Waals surface area contributed by atoms with Gasteiger partial charge in [-0.1, -0.05) is 11.6 Å². The first-order valence-corrected chi connectivity index (χ1v) is 6.56. The molecule has 0 unspecified atom stereocenters. The lowest BCUT2D eigenvalue weighted by molar-refractivity contribution is 0.103. The van der Waals surface area contributed by atoms with Gasteiger partial charge in [0.15, 0.2) is 5.78 Å². The molecule has 4 heteroatoms. The number of hydrogen-bond acceptors (Lipinski definition) is 3. The molecular formula is C16H16ClNO2. The molecule has 0 radical (unpaired) electrons. The normalized spacial score (nSPS) is 10.4. The van der Waals surface area contributed by atoms with Gasteiger partial charge in [-0.3, -0.25) is 4.79 Å². The van der Waals surface area contributed by atoms with Gasteiger partial charge in [0.05, 0.1) is 7.11 Å². The van der Waals surface area contributed by atoms with Gasteiger partial charge < -0.3 is 10.5 Å². The Kier molecular flexibility index (Phi) is 4.00. The van der Waals surface area contributed by atoms with Crippen LogP contribution in [-0.2, 0) is 0 Å². The molecule has 0 aliphatic rings. The van der Waals surface area contributed by atoms with Crippen molar-refractivity contribution in [1.29, 1.82) is 0 Å². The Bertz CT molecular complexity index is 680. The molecule has 2 N–H and O–H groups in total. The minimum atomic E-state index is -0.109. The van der Waals surface area contributed by atoms with Crippen LogP contribution in [0.1, 0.15) is 27.0 Å². The number of methoxy groups -OCH3 is 1. The predicted octanol–water partition coefficient (Wildman–Crippen LogP) is 3.78. The van der Waals surface area contributed by atoms with Gasteiger partial charge in [0.2, 0.25) is 0 Å². The summed E-state index contributed by atoms with van der Waals surface area (Å²) in [7, 11) is 1.61. The zero-order valence-corrected chi connectivity index (χ0v) is 12.4. The van der Waals surface area contributed by atoms with E-state index in [0.717, 1.165) is 16.9 Å². The van der Waals surface area contributed by atoms with Crippen LogP contribution < -0.4 is 10.5 Å². The lowest BCUT2D eigenvalue weighted by atomic mass is 9.96. The predicted molar refractivity (Wildman–Crippen MR) is 81.8 cm³/mol. The highest BCUT2D eigenvalue weighted by Crippen LogP contribution is 2.27. The number of halogens is 1. The van der Waals surface area contributed by atoms with E-state index in [-0.39, 0.29) is 5.78 Å². The fraction of sp³-hybridized carbons (Fsp3) is 0.188. The highest BCUT2D eigenvalue weighted by Gasteiger charge is 2.16. The zero-order chi connectivity index (χ0) is 14.9. The molecule has 20 heavy (non-hydrogen) atoms. The number of ketones is 1. The summed E-state index contributed by atoms with van der Waals surface area (Å²) in [6.45, 7) is 3.78. The van der Waals surface area contributed by atoms with Crippen LogP contribution in [0.5, 0.6) is 5.75 Å². The van der Waals surface area contributed by atoms with Gasteiger partial charge in [-0.15, -0.1) is 0 Å². The van der Waals surface area contributed by atoms with Gasteiger partial charge in [0.25, 0.3) is 0 Å². The van der Waals surface area contributed by atoms with Gasteiger partial charge >= 0.3 is 0 Å². The minimum absolute atomic E-state index is 0.109. The average Bonchev–Trinajstić information content (AvgIpc) is 2.40. The van der Waals surface area contributed by atoms with Crippen molar-refractivity contribution < 1.29 is 9.53 Å². The molecule has 0 bridgehead atoms. The van der Waals surface area contributed by atoms with Crippen LogP contribution in [0, 0.1) is 13.8 Å². The molecule has 0 aliphatic heterocycles. The lowest BCUT2D eigenvalue weighted by Crippen LogP contribution is -2.08. The summed E-state index contributed by atoms with van der Waals surface area (Å²) in [5.41, 5.74) is 9.11. The van der Waals surface area contributed by atoms with Gasteiger partial charge in [0.1, 0.15) is 5.75 Å². The van der Waals surface area contributed by atoms with E-state index in [9.17, 15) is 4.79 Å². The molecule has 104 valence electrons. The topological polar surface area (TPSA) is 52.3 Å². The molecule has 3 nitrogen and oxygen atoms in total. The molecule has 2 rings (SSSR count). The van der Waals surface area contributed by atoms with Crippen molar-refractivity contribution in [1.82, 2.24) is 0 Å². The number of hydrogen-bond donors (Lipinski definition) is 1. The molecule has 0 heterocycles. The number of benzene rings is 2. The van der Waals surface area contributed by atoms with E-state index in [2.05, 4.69) is 0 Å². The highest BCUT2D eigenvalue weighted by molar-refractivity contribution is 6.31. The van der Waals surface area contributed by atoms with Crippen LogP contribution >= 0.6 is 11.6 Å². The fourth-order valence-electron chi connectivity index (χ4n) is 2.14. The summed E-state index contributed by atoms with van der Waals surface area (Å²) in [6.07, 6.45) is 0. The maximum absolute atomic E-state index is 12.6. The van der Waals surface area contributed by atoms with Crippen LogP contribution in [0.4, 0.5) is 5.69 Å². The number of anilines is 1. The van der Waals surface area contributed by atoms with Crippen LogP contribution in [0.25, 0.3) is 0 Å². The third kappa shape index (κ3) is 2.63. The second-order valence-electron chi connectivity index (χ2n) is 4.70. The smallest absolute Gasteiger partial charge is 0.195 e. The summed E-state index contributed by atoms with van der Waals surface area (Å²) in [6, 6.07) is 8.58. The number of carbonyl (C=O) groups excluding carboxylic acids is 1. The first-order valence-electron chi connectivity index (χ1n) is 6.19. The first kappa shape index (κ1) is 14.4. The molecule has 0 fully saturated rings. The lowest BCUT2D eigenvalue weighted by Gasteiger charge is -2.12. The Morgan fingerprint density at radius 2 is 1.80 bits per heavy atom. The third-order valence-corrected chi connectivity index (χ3v) is 3.48. The van der Waals surface area contributed by atoms with Crippen LogP contribution in [0.3, 0.4) is 0 Å². The molecule has 0 saturated heterocycles. The largest absolute Gasteiger partial charge is 0.496 e. The van der Waals surface area contributed by atoms with Gasteiger partial charge in [0, 0.05) is 21.8 Å². The van der Waals surface area contributed by atoms with Crippen molar-refractivity contribution in [3.63, 3.8) is 0 Å². The van der Waals surface area contributed by atoms with Crippen molar-refractivity contribution in [2.45, 2.75) is 13.8 Å². The molecule has 0 atom stereocenters. The van der Waals surface area contributed by atoms with Gasteiger partial charge in [-0.25, -0.2) is 0 Å². The van der Waals surface area contributed by atoms with Crippen LogP contribution in [0.2, 0.25) is 5.02 Å². The number of nitrogen functional groups attached to an aromatic ring is 1. The Labute approximate surface area is 123 Å². The van der Waals surface area contributed by atoms with E-state index < -0.39 is 0 Å². The Balaban J connectivity index is 2.51. The number of ether oxygens (including phenoxy) is 1. The second kappa shape index (κ2) is 5.55. The van der Waals surface area contributed by atoms with E-state index in [1.54, 1.807) is 25.3 Å². The molecule has 2 aromatic rings. The van der Waals surface area contributed by atoms with E-state index >= 15 is 0 Å². The summed E-state index contributed by atoms with van der Waals surface area (Å²) < 4.78 is 5.25. The summed E-state index contributed by atoms with van der Waals surface area (Å²) in [5.74, 6) is 0.658. The molecule has 0 aromatic heterocycles. The van der Waals surface area contributed by atoms with Crippen molar-refractivity contribution in [3.8, 4) is 5.75 Å². The maximum atomic E-state index is 12.6. The molecule has 0 saturated carbocycles. The van der Waals surface area contributed by atoms with Crippen molar-refractivity contribution in [2.24, 2.45) is 0 Å². The Morgan fingerprint density at radius 1 is 1.10 bits per heavy atom. The van der Waals surface area contributed by atoms with Crippen LogP contribution in [0.15, 0.2) is 30.3 Å². The average molecular weight is 290 g/mol. The number of aryl methyl sites for hydroxylation is 2. The number of rotatable bonds is 3. The number of nitrogens with two attached hydrogens (primary N) is 1. The van der Waals surface area contributed by atoms with E-state index in [0.29, 0.717) is 21.8 Å². The molecular weight excluding hydrogens is 274 g/mol. The first-order chi connectivity index (χ1) is 9.43. The standard InChI is InChI=1S/C16H16ClNO2/c1-9-7-15(20-3)10(2)6-13(9)16(19)12-5-4-11(17)8-14(12)18/h4-8H,18H2,1-3H3. The van der Waals surface area contributed by atoms with E-state index in [1.165, 1.54) is 0 Å². The maximum Gasteiger partial charge on any atom is 0.195 e. The molecule has 2 aromatic carbocycles. The molecule has 0 aliphatic carbocycles. The van der Waals surface area contributed by atoms with Crippen molar-refractivity contribution in [2.75, 3.05) is 12.8 Å². The minimum Gasteiger partial charge on any atom is -0.496 e. The zero-order valence-electron chi connectivity index (χ0n) is 11.7. The second-order valence-corrected chi connectivity index (χ2v) is 5.13. The monoisotopic (exact) mass is 289 g/mol. The quantitative estimate of drug-likeness (QED) is 0.691. The summed E-state index contributed by atoms with van der Waals surface area (Å²) in [5, 5.41) is 0.515. The SMILES string of the molecule is COc1cc(C)c(C(=O)c2ccc(Cl)cc2N)cc1C.